The first-order valence-corrected chi connectivity index (χ1v) is 45.0. The van der Waals surface area contributed by atoms with Gasteiger partial charge in [-0.1, -0.05) is 374 Å². The average Bonchev–Trinajstić information content (AvgIpc) is 1.63. The number of para-hydroxylation sites is 2. The number of hydrogen-bond donors (Lipinski definition) is 0. The Morgan fingerprint density at radius 2 is 0.591 bits per heavy atom. The maximum atomic E-state index is 2.76. The maximum absolute atomic E-state index is 2.76. The Morgan fingerprint density at radius 1 is 0.228 bits per heavy atom. The standard InChI is InChI=1S/C122H101BN4/c1-119(2,3)90-65-87-51-52-88-66-91(120(4,5)6)74-105-100(68-89(67-90)114(87)115(88)105)86-57-64-110-107(69-86)123-106-63-62-96(125-108-49-33-31-47-98(108)99-48-32-34-50-109(99)125)75-111(106)127(118-103(84-43-27-17-28-44-84)72-93(122(10,11)12)73-104(118)85-45-29-18-30-46-85)113-77-97(124(94-58-53-80(54-59-94)78-35-19-13-20-36-78)95-60-55-81(56-61-95)79-37-21-14-22-38-79)76-112(116(113)123)126(110)117-101(82-39-23-15-24-40-82)70-92(121(7,8)9)71-102(117)83-41-25-16-26-42-83/h13-77H,1-12H3. The number of aromatic nitrogens is 1. The minimum absolute atomic E-state index is 0.106. The minimum Gasteiger partial charge on any atom is -0.310 e. The molecule has 0 spiro atoms. The highest BCUT2D eigenvalue weighted by molar-refractivity contribution is 7.00. The minimum atomic E-state index is -0.385. The van der Waals surface area contributed by atoms with Gasteiger partial charge in [-0.25, -0.2) is 0 Å². The Kier molecular flexibility index (Phi) is 18.6. The van der Waals surface area contributed by atoms with Crippen LogP contribution in [-0.2, 0) is 21.7 Å². The molecule has 0 atom stereocenters. The van der Waals surface area contributed by atoms with E-state index in [2.05, 4.69) is 497 Å². The van der Waals surface area contributed by atoms with Crippen molar-refractivity contribution < 1.29 is 0 Å². The second kappa shape index (κ2) is 30.1. The first kappa shape index (κ1) is 78.5. The molecule has 0 saturated carbocycles. The Morgan fingerprint density at radius 3 is 1.02 bits per heavy atom. The van der Waals surface area contributed by atoms with E-state index in [0.717, 1.165) is 140 Å². The van der Waals surface area contributed by atoms with Crippen LogP contribution in [0.1, 0.15) is 105 Å². The molecule has 612 valence electrons. The van der Waals surface area contributed by atoms with Gasteiger partial charge in [0, 0.05) is 72.8 Å². The molecular weight excluding hydrogens is 1530 g/mol. The van der Waals surface area contributed by atoms with Gasteiger partial charge in [0.2, 0.25) is 0 Å². The molecule has 5 heteroatoms. The summed E-state index contributed by atoms with van der Waals surface area (Å²) in [7, 11) is 0. The molecule has 0 aliphatic carbocycles. The molecule has 127 heavy (non-hydrogen) atoms. The van der Waals surface area contributed by atoms with Gasteiger partial charge in [0.15, 0.2) is 0 Å². The maximum Gasteiger partial charge on any atom is 0.252 e. The van der Waals surface area contributed by atoms with Crippen molar-refractivity contribution in [2.75, 3.05) is 14.7 Å². The first-order valence-electron chi connectivity index (χ1n) is 45.0. The number of fused-ring (bicyclic) bond motifs is 7. The molecule has 4 nitrogen and oxygen atoms in total. The topological polar surface area (TPSA) is 14.7 Å². The molecule has 0 amide bonds. The van der Waals surface area contributed by atoms with E-state index in [1.54, 1.807) is 0 Å². The third-order valence-corrected chi connectivity index (χ3v) is 27.0. The van der Waals surface area contributed by atoms with Crippen LogP contribution in [0.4, 0.5) is 51.2 Å². The van der Waals surface area contributed by atoms with E-state index in [9.17, 15) is 0 Å². The second-order valence-corrected chi connectivity index (χ2v) is 39.3. The summed E-state index contributed by atoms with van der Waals surface area (Å²) in [6, 6.07) is 151. The molecule has 22 rings (SSSR count). The van der Waals surface area contributed by atoms with Gasteiger partial charge in [0.25, 0.3) is 6.71 Å². The van der Waals surface area contributed by atoms with Crippen LogP contribution in [0, 0.1) is 0 Å². The van der Waals surface area contributed by atoms with E-state index in [-0.39, 0.29) is 28.4 Å². The van der Waals surface area contributed by atoms with Gasteiger partial charge >= 0.3 is 0 Å². The zero-order valence-electron chi connectivity index (χ0n) is 74.4. The summed E-state index contributed by atoms with van der Waals surface area (Å²) >= 11 is 0. The lowest BCUT2D eigenvalue weighted by Gasteiger charge is -2.46. The van der Waals surface area contributed by atoms with Crippen LogP contribution in [0.2, 0.25) is 0 Å². The van der Waals surface area contributed by atoms with Crippen LogP contribution in [0.15, 0.2) is 394 Å². The highest BCUT2D eigenvalue weighted by Gasteiger charge is 2.47. The predicted molar refractivity (Wildman–Crippen MR) is 546 cm³/mol. The van der Waals surface area contributed by atoms with Crippen molar-refractivity contribution in [1.29, 1.82) is 0 Å². The molecule has 0 fully saturated rings. The summed E-state index contributed by atoms with van der Waals surface area (Å²) in [5.41, 5.74) is 36.9. The van der Waals surface area contributed by atoms with Crippen LogP contribution in [0.25, 0.3) is 138 Å². The van der Waals surface area contributed by atoms with E-state index < -0.39 is 0 Å². The molecule has 2 aliphatic heterocycles. The molecule has 2 aliphatic rings. The Hall–Kier alpha value is -14.5. The van der Waals surface area contributed by atoms with Crippen LogP contribution >= 0.6 is 0 Å². The van der Waals surface area contributed by atoms with Crippen molar-refractivity contribution in [2.45, 2.75) is 105 Å². The number of nitrogens with zero attached hydrogens (tertiary/aromatic N) is 4. The van der Waals surface area contributed by atoms with Gasteiger partial charge in [0.05, 0.1) is 28.1 Å². The molecule has 0 bridgehead atoms. The fraction of sp³-hybridized carbons (Fsp3) is 0.131. The molecule has 0 saturated heterocycles. The second-order valence-electron chi connectivity index (χ2n) is 39.3. The predicted octanol–water partition coefficient (Wildman–Crippen LogP) is 32.1. The van der Waals surface area contributed by atoms with Gasteiger partial charge in [0.1, 0.15) is 0 Å². The summed E-state index contributed by atoms with van der Waals surface area (Å²) < 4.78 is 2.52. The summed E-state index contributed by atoms with van der Waals surface area (Å²) in [6.45, 7) is 28.0. The lowest BCUT2D eigenvalue weighted by molar-refractivity contribution is 0.590. The molecule has 1 aromatic heterocycles. The number of benzene rings is 19. The Balaban J connectivity index is 0.948. The number of anilines is 9. The molecule has 3 heterocycles. The molecule has 20 aromatic rings. The van der Waals surface area contributed by atoms with Crippen LogP contribution in [0.5, 0.6) is 0 Å². The van der Waals surface area contributed by atoms with Crippen LogP contribution in [-0.4, -0.2) is 11.3 Å². The lowest BCUT2D eigenvalue weighted by atomic mass is 9.33. The van der Waals surface area contributed by atoms with Gasteiger partial charge in [-0.15, -0.1) is 0 Å². The van der Waals surface area contributed by atoms with E-state index in [1.165, 1.54) is 87.3 Å². The molecule has 0 radical (unpaired) electrons. The zero-order chi connectivity index (χ0) is 86.5. The van der Waals surface area contributed by atoms with Gasteiger partial charge in [-0.2, -0.15) is 0 Å². The van der Waals surface area contributed by atoms with Crippen molar-refractivity contribution in [1.82, 2.24) is 4.57 Å². The highest BCUT2D eigenvalue weighted by atomic mass is 15.2. The largest absolute Gasteiger partial charge is 0.310 e. The van der Waals surface area contributed by atoms with Crippen LogP contribution in [0.3, 0.4) is 0 Å². The monoisotopic (exact) mass is 1630 g/mol. The Labute approximate surface area is 747 Å². The normalized spacial score (nSPS) is 12.8. The smallest absolute Gasteiger partial charge is 0.252 e. The van der Waals surface area contributed by atoms with E-state index >= 15 is 0 Å². The van der Waals surface area contributed by atoms with Crippen molar-refractivity contribution >= 4 is 128 Å². The summed E-state index contributed by atoms with van der Waals surface area (Å²) in [4.78, 5) is 8.04. The van der Waals surface area contributed by atoms with Crippen molar-refractivity contribution in [3.8, 4) is 83.6 Å². The lowest BCUT2D eigenvalue weighted by Crippen LogP contribution is -2.61. The van der Waals surface area contributed by atoms with Crippen molar-refractivity contribution in [3.05, 3.63) is 417 Å². The van der Waals surface area contributed by atoms with E-state index in [0.29, 0.717) is 0 Å². The van der Waals surface area contributed by atoms with E-state index in [1.807, 2.05) is 0 Å². The third-order valence-electron chi connectivity index (χ3n) is 27.0. The zero-order valence-corrected chi connectivity index (χ0v) is 74.4. The Bertz CT molecular complexity index is 7420. The molecule has 0 unspecified atom stereocenters. The highest BCUT2D eigenvalue weighted by Crippen LogP contribution is 2.58. The molecule has 19 aromatic carbocycles. The quantitative estimate of drug-likeness (QED) is 0.0845. The SMILES string of the molecule is CC(C)(C)c1cc(-c2ccccc2)c(N2c3ccc(-c4cc5cc(C(C)(C)C)cc6ccc7cc(C(C)(C)C)cc4c7c65)cc3B3c4ccc(-n5c6ccccc6c6ccccc65)cc4N(c4c(-c5ccccc5)cc(C(C)(C)C)cc4-c4ccccc4)c4cc(N(c5ccc(-c6ccccc6)cc5)c5ccc(-c6ccccc6)cc5)cc2c43)c(-c2ccccc2)c1. The summed E-state index contributed by atoms with van der Waals surface area (Å²) in [5.74, 6) is 0. The van der Waals surface area contributed by atoms with Gasteiger partial charge in [-0.3, -0.25) is 0 Å². The summed E-state index contributed by atoms with van der Waals surface area (Å²) in [5, 5.41) is 10.1. The average molecular weight is 1630 g/mol. The van der Waals surface area contributed by atoms with Gasteiger partial charge < -0.3 is 19.3 Å². The number of hydrogen-bond acceptors (Lipinski definition) is 3. The van der Waals surface area contributed by atoms with Gasteiger partial charge in [-0.05, 0) is 251 Å². The summed E-state index contributed by atoms with van der Waals surface area (Å²) in [6.07, 6.45) is 0. The fourth-order valence-corrected chi connectivity index (χ4v) is 20.4. The van der Waals surface area contributed by atoms with Crippen LogP contribution < -0.4 is 31.1 Å². The third kappa shape index (κ3) is 13.5. The number of rotatable bonds is 13. The van der Waals surface area contributed by atoms with Crippen molar-refractivity contribution in [2.24, 2.45) is 0 Å². The molecule has 0 N–H and O–H groups in total. The fourth-order valence-electron chi connectivity index (χ4n) is 20.4. The molecular formula is C122H101BN4. The first-order chi connectivity index (χ1) is 61.5. The van der Waals surface area contributed by atoms with Crippen molar-refractivity contribution in [3.63, 3.8) is 0 Å². The van der Waals surface area contributed by atoms with E-state index in [4.69, 9.17) is 0 Å².